The van der Waals surface area contributed by atoms with Crippen LogP contribution < -0.4 is 15.4 Å². The molecule has 2 amide bonds. The molecule has 4 saturated carbocycles. The number of ether oxygens (including phenoxy) is 1. The van der Waals surface area contributed by atoms with Gasteiger partial charge in [0.1, 0.15) is 12.4 Å². The molecule has 27 heavy (non-hydrogen) atoms. The van der Waals surface area contributed by atoms with E-state index in [0.717, 1.165) is 23.5 Å². The molecule has 2 N–H and O–H groups in total. The summed E-state index contributed by atoms with van der Waals surface area (Å²) in [5.41, 5.74) is 2.49. The van der Waals surface area contributed by atoms with Gasteiger partial charge >= 0.3 is 6.03 Å². The number of amides is 2. The highest BCUT2D eigenvalue weighted by atomic mass is 16.5. The summed E-state index contributed by atoms with van der Waals surface area (Å²) in [5.74, 6) is 3.89. The van der Waals surface area contributed by atoms with Crippen LogP contribution in [0.4, 0.5) is 4.79 Å². The predicted molar refractivity (Wildman–Crippen MR) is 108 cm³/mol. The second-order valence-electron chi connectivity index (χ2n) is 9.62. The highest BCUT2D eigenvalue weighted by Gasteiger charge is 2.51. The zero-order chi connectivity index (χ0) is 19.0. The van der Waals surface area contributed by atoms with E-state index in [4.69, 9.17) is 4.74 Å². The van der Waals surface area contributed by atoms with Crippen LogP contribution in [0, 0.1) is 24.7 Å². The smallest absolute Gasteiger partial charge is 0.315 e. The van der Waals surface area contributed by atoms with Gasteiger partial charge < -0.3 is 15.4 Å². The van der Waals surface area contributed by atoms with Crippen LogP contribution in [-0.2, 0) is 0 Å². The molecule has 0 spiro atoms. The van der Waals surface area contributed by atoms with Gasteiger partial charge in [0.25, 0.3) is 0 Å². The summed E-state index contributed by atoms with van der Waals surface area (Å²) in [6.07, 6.45) is 7.74. The van der Waals surface area contributed by atoms with E-state index in [1.54, 1.807) is 0 Å². The number of carbonyl (C=O) groups is 1. The molecule has 0 aromatic heterocycles. The molecule has 4 nitrogen and oxygen atoms in total. The summed E-state index contributed by atoms with van der Waals surface area (Å²) in [7, 11) is 0. The third-order valence-electron chi connectivity index (χ3n) is 6.85. The van der Waals surface area contributed by atoms with Crippen LogP contribution in [0.2, 0.25) is 0 Å². The Bertz CT molecular complexity index is 662. The van der Waals surface area contributed by atoms with E-state index < -0.39 is 0 Å². The second-order valence-corrected chi connectivity index (χ2v) is 9.62. The van der Waals surface area contributed by atoms with Gasteiger partial charge in [-0.2, -0.15) is 0 Å². The van der Waals surface area contributed by atoms with Gasteiger partial charge in [-0.15, -0.1) is 0 Å². The summed E-state index contributed by atoms with van der Waals surface area (Å²) >= 11 is 0. The fraction of sp³-hybridized carbons (Fsp3) is 0.696. The molecule has 0 aliphatic heterocycles. The summed E-state index contributed by atoms with van der Waals surface area (Å²) in [5, 5.41) is 6.37. The Hall–Kier alpha value is -1.71. The van der Waals surface area contributed by atoms with Crippen LogP contribution in [0.3, 0.4) is 0 Å². The topological polar surface area (TPSA) is 50.4 Å². The molecule has 0 saturated heterocycles. The molecule has 4 fully saturated rings. The molecule has 4 bridgehead atoms. The van der Waals surface area contributed by atoms with Gasteiger partial charge in [-0.1, -0.05) is 26.0 Å². The molecule has 1 aromatic carbocycles. The van der Waals surface area contributed by atoms with E-state index in [9.17, 15) is 4.79 Å². The average Bonchev–Trinajstić information content (AvgIpc) is 2.57. The number of rotatable bonds is 6. The minimum atomic E-state index is -0.0196. The normalized spacial score (nSPS) is 31.2. The Morgan fingerprint density at radius 3 is 2.37 bits per heavy atom. The minimum absolute atomic E-state index is 0.0196. The zero-order valence-corrected chi connectivity index (χ0v) is 17.0. The predicted octanol–water partition coefficient (Wildman–Crippen LogP) is 4.77. The fourth-order valence-corrected chi connectivity index (χ4v) is 6.12. The lowest BCUT2D eigenvalue weighted by Gasteiger charge is -2.56. The van der Waals surface area contributed by atoms with Crippen LogP contribution in [0.5, 0.6) is 5.75 Å². The third kappa shape index (κ3) is 4.09. The monoisotopic (exact) mass is 370 g/mol. The molecule has 1 aromatic rings. The second kappa shape index (κ2) is 7.37. The Morgan fingerprint density at radius 1 is 1.15 bits per heavy atom. The van der Waals surface area contributed by atoms with Crippen molar-refractivity contribution in [3.63, 3.8) is 0 Å². The largest absolute Gasteiger partial charge is 0.491 e. The maximum absolute atomic E-state index is 12.5. The molecule has 4 aliphatic carbocycles. The number of urea groups is 1. The van der Waals surface area contributed by atoms with Crippen molar-refractivity contribution < 1.29 is 9.53 Å². The van der Waals surface area contributed by atoms with Crippen molar-refractivity contribution in [1.29, 1.82) is 0 Å². The fourth-order valence-electron chi connectivity index (χ4n) is 6.12. The van der Waals surface area contributed by atoms with E-state index in [1.807, 2.05) is 0 Å². The summed E-state index contributed by atoms with van der Waals surface area (Å²) in [4.78, 5) is 12.5. The molecule has 5 rings (SSSR count). The molecular formula is C23H34N2O2. The molecule has 0 radical (unpaired) electrons. The van der Waals surface area contributed by atoms with E-state index in [0.29, 0.717) is 19.1 Å². The average molecular weight is 371 g/mol. The van der Waals surface area contributed by atoms with Gasteiger partial charge in [0, 0.05) is 5.54 Å². The first-order valence-electron chi connectivity index (χ1n) is 10.7. The van der Waals surface area contributed by atoms with Crippen molar-refractivity contribution in [2.24, 2.45) is 17.8 Å². The van der Waals surface area contributed by atoms with Crippen molar-refractivity contribution in [1.82, 2.24) is 10.6 Å². The van der Waals surface area contributed by atoms with Gasteiger partial charge in [0.2, 0.25) is 0 Å². The molecule has 4 aliphatic rings. The number of benzene rings is 1. The molecule has 0 unspecified atom stereocenters. The highest BCUT2D eigenvalue weighted by molar-refractivity contribution is 5.74. The van der Waals surface area contributed by atoms with Crippen LogP contribution >= 0.6 is 0 Å². The number of aryl methyl sites for hydroxylation is 1. The van der Waals surface area contributed by atoms with Gasteiger partial charge in [0.15, 0.2) is 0 Å². The van der Waals surface area contributed by atoms with Crippen molar-refractivity contribution in [3.05, 3.63) is 29.3 Å². The maximum Gasteiger partial charge on any atom is 0.315 e. The highest BCUT2D eigenvalue weighted by Crippen LogP contribution is 2.55. The Labute approximate surface area is 163 Å². The number of hydrogen-bond donors (Lipinski definition) is 2. The third-order valence-corrected chi connectivity index (χ3v) is 6.85. The first-order chi connectivity index (χ1) is 12.9. The zero-order valence-electron chi connectivity index (χ0n) is 17.0. The van der Waals surface area contributed by atoms with Crippen LogP contribution in [0.25, 0.3) is 0 Å². The maximum atomic E-state index is 12.5. The quantitative estimate of drug-likeness (QED) is 0.709. The van der Waals surface area contributed by atoms with Gasteiger partial charge in [0.05, 0.1) is 6.54 Å². The molecule has 0 atom stereocenters. The summed E-state index contributed by atoms with van der Waals surface area (Å²) in [6, 6.07) is 6.33. The lowest BCUT2D eigenvalue weighted by molar-refractivity contribution is -0.0135. The summed E-state index contributed by atoms with van der Waals surface area (Å²) < 4.78 is 5.98. The Morgan fingerprint density at radius 2 is 1.78 bits per heavy atom. The van der Waals surface area contributed by atoms with Crippen molar-refractivity contribution >= 4 is 6.03 Å². The number of nitrogens with one attached hydrogen (secondary N) is 2. The summed E-state index contributed by atoms with van der Waals surface area (Å²) in [6.45, 7) is 7.46. The number of hydrogen-bond acceptors (Lipinski definition) is 2. The van der Waals surface area contributed by atoms with E-state index in [2.05, 4.69) is 49.6 Å². The lowest BCUT2D eigenvalue weighted by Crippen LogP contribution is -2.61. The Balaban J connectivity index is 1.26. The van der Waals surface area contributed by atoms with Gasteiger partial charge in [-0.25, -0.2) is 4.79 Å². The Kier molecular flexibility index (Phi) is 5.09. The molecular weight excluding hydrogens is 336 g/mol. The van der Waals surface area contributed by atoms with Crippen LogP contribution in [-0.4, -0.2) is 24.7 Å². The van der Waals surface area contributed by atoms with Gasteiger partial charge in [-0.3, -0.25) is 0 Å². The molecule has 0 heterocycles. The first kappa shape index (κ1) is 18.6. The van der Waals surface area contributed by atoms with Crippen LogP contribution in [0.15, 0.2) is 18.2 Å². The first-order valence-corrected chi connectivity index (χ1v) is 10.7. The van der Waals surface area contributed by atoms with E-state index >= 15 is 0 Å². The van der Waals surface area contributed by atoms with Crippen molar-refractivity contribution in [2.45, 2.75) is 70.8 Å². The minimum Gasteiger partial charge on any atom is -0.491 e. The van der Waals surface area contributed by atoms with Crippen LogP contribution in [0.1, 0.15) is 69.4 Å². The van der Waals surface area contributed by atoms with Crippen molar-refractivity contribution in [2.75, 3.05) is 13.2 Å². The number of carbonyl (C=O) groups excluding carboxylic acids is 1. The SMILES string of the molecule is Cc1ccc(C(C)C)c(OCCNC(=O)NC23CC4CC(CC(C4)C2)C3)c1. The van der Waals surface area contributed by atoms with Crippen molar-refractivity contribution in [3.8, 4) is 5.75 Å². The van der Waals surface area contributed by atoms with Gasteiger partial charge in [-0.05, 0) is 86.3 Å². The van der Waals surface area contributed by atoms with E-state index in [-0.39, 0.29) is 11.6 Å². The standard InChI is InChI=1S/C23H34N2O2/c1-15(2)20-5-4-16(3)8-21(20)27-7-6-24-22(26)25-23-12-17-9-18(13-23)11-19(10-17)14-23/h4-5,8,15,17-19H,6-7,9-14H2,1-3H3,(H2,24,25,26). The molecule has 4 heteroatoms. The lowest BCUT2D eigenvalue weighted by atomic mass is 9.53. The molecule has 148 valence electrons. The van der Waals surface area contributed by atoms with E-state index in [1.165, 1.54) is 49.7 Å².